The van der Waals surface area contributed by atoms with Crippen molar-refractivity contribution in [3.63, 3.8) is 0 Å². The summed E-state index contributed by atoms with van der Waals surface area (Å²) >= 11 is 11.8. The Kier molecular flexibility index (Phi) is 7.30. The van der Waals surface area contributed by atoms with Gasteiger partial charge in [-0.25, -0.2) is 0 Å². The van der Waals surface area contributed by atoms with Crippen LogP contribution < -0.4 is 15.0 Å². The highest BCUT2D eigenvalue weighted by Gasteiger charge is 2.16. The molecule has 2 rings (SSSR count). The molecule has 2 aromatic carbocycles. The van der Waals surface area contributed by atoms with Gasteiger partial charge in [0.05, 0.1) is 22.3 Å². The van der Waals surface area contributed by atoms with E-state index in [9.17, 15) is 9.59 Å². The van der Waals surface area contributed by atoms with E-state index in [0.717, 1.165) is 0 Å². The molecule has 2 amide bonds. The summed E-state index contributed by atoms with van der Waals surface area (Å²) in [6.07, 6.45) is 0. The summed E-state index contributed by atoms with van der Waals surface area (Å²) in [4.78, 5) is 25.8. The molecule has 0 saturated heterocycles. The van der Waals surface area contributed by atoms with Gasteiger partial charge in [-0.05, 0) is 37.3 Å². The number of benzene rings is 2. The molecule has 0 fully saturated rings. The van der Waals surface area contributed by atoms with Crippen LogP contribution in [0.5, 0.6) is 5.75 Å². The van der Waals surface area contributed by atoms with Gasteiger partial charge < -0.3 is 15.0 Å². The normalized spacial score (nSPS) is 10.3. The predicted molar refractivity (Wildman–Crippen MR) is 104 cm³/mol. The van der Waals surface area contributed by atoms with Crippen molar-refractivity contribution in [3.05, 3.63) is 58.1 Å². The lowest BCUT2D eigenvalue weighted by Crippen LogP contribution is -2.37. The number of hydrogen-bond acceptors (Lipinski definition) is 3. The van der Waals surface area contributed by atoms with E-state index < -0.39 is 0 Å². The Balaban J connectivity index is 2.04. The molecular formula is C19H20Cl2N2O3. The zero-order chi connectivity index (χ0) is 19.1. The molecule has 0 saturated carbocycles. The van der Waals surface area contributed by atoms with Crippen molar-refractivity contribution in [2.45, 2.75) is 13.8 Å². The maximum Gasteiger partial charge on any atom is 0.251 e. The first-order valence-corrected chi connectivity index (χ1v) is 8.92. The summed E-state index contributed by atoms with van der Waals surface area (Å²) in [5.74, 6) is 0.201. The van der Waals surface area contributed by atoms with Crippen molar-refractivity contribution >= 4 is 40.7 Å². The van der Waals surface area contributed by atoms with Crippen LogP contribution in [0.1, 0.15) is 24.2 Å². The predicted octanol–water partition coefficient (Wildman–Crippen LogP) is 4.18. The van der Waals surface area contributed by atoms with Gasteiger partial charge in [-0.3, -0.25) is 9.59 Å². The summed E-state index contributed by atoms with van der Waals surface area (Å²) in [5, 5.41) is 3.48. The molecule has 5 nitrogen and oxygen atoms in total. The zero-order valence-corrected chi connectivity index (χ0v) is 16.1. The van der Waals surface area contributed by atoms with E-state index in [2.05, 4.69) is 5.32 Å². The highest BCUT2D eigenvalue weighted by Crippen LogP contribution is 2.28. The van der Waals surface area contributed by atoms with Crippen molar-refractivity contribution in [2.75, 3.05) is 24.6 Å². The van der Waals surface area contributed by atoms with Crippen LogP contribution in [-0.2, 0) is 4.79 Å². The van der Waals surface area contributed by atoms with Crippen molar-refractivity contribution in [1.29, 1.82) is 0 Å². The summed E-state index contributed by atoms with van der Waals surface area (Å²) in [6.45, 7) is 4.44. The average Bonchev–Trinajstić information content (AvgIpc) is 2.61. The molecule has 0 spiro atoms. The molecule has 0 atom stereocenters. The van der Waals surface area contributed by atoms with Crippen LogP contribution in [0.4, 0.5) is 5.69 Å². The number of nitrogens with zero attached hydrogens (tertiary/aromatic N) is 1. The number of para-hydroxylation sites is 2. The Bertz CT molecular complexity index is 796. The Labute approximate surface area is 162 Å². The van der Waals surface area contributed by atoms with Gasteiger partial charge >= 0.3 is 0 Å². The summed E-state index contributed by atoms with van der Waals surface area (Å²) in [6, 6.07) is 12.0. The van der Waals surface area contributed by atoms with Crippen LogP contribution in [0.3, 0.4) is 0 Å². The highest BCUT2D eigenvalue weighted by molar-refractivity contribution is 6.42. The molecule has 138 valence electrons. The first-order valence-electron chi connectivity index (χ1n) is 8.17. The van der Waals surface area contributed by atoms with Crippen LogP contribution in [0, 0.1) is 0 Å². The minimum Gasteiger partial charge on any atom is -0.492 e. The van der Waals surface area contributed by atoms with E-state index in [1.165, 1.54) is 13.0 Å². The molecule has 2 aromatic rings. The number of carbonyl (C=O) groups is 2. The van der Waals surface area contributed by atoms with Crippen molar-refractivity contribution in [3.8, 4) is 5.75 Å². The molecule has 0 unspecified atom stereocenters. The molecule has 26 heavy (non-hydrogen) atoms. The fraction of sp³-hybridized carbons (Fsp3) is 0.263. The number of hydrogen-bond donors (Lipinski definition) is 1. The Morgan fingerprint density at radius 2 is 1.85 bits per heavy atom. The Hall–Kier alpha value is -2.24. The fourth-order valence-electron chi connectivity index (χ4n) is 2.43. The third kappa shape index (κ3) is 5.13. The van der Waals surface area contributed by atoms with Crippen molar-refractivity contribution in [1.82, 2.24) is 5.32 Å². The first-order chi connectivity index (χ1) is 12.4. The van der Waals surface area contributed by atoms with Crippen LogP contribution in [0.25, 0.3) is 0 Å². The Morgan fingerprint density at radius 1 is 1.12 bits per heavy atom. The van der Waals surface area contributed by atoms with E-state index in [4.69, 9.17) is 27.9 Å². The van der Waals surface area contributed by atoms with Crippen molar-refractivity contribution in [2.24, 2.45) is 0 Å². The molecule has 0 bridgehead atoms. The molecule has 0 aliphatic carbocycles. The van der Waals surface area contributed by atoms with Crippen LogP contribution in [0.15, 0.2) is 42.5 Å². The van der Waals surface area contributed by atoms with Crippen LogP contribution in [-0.4, -0.2) is 31.5 Å². The maximum absolute atomic E-state index is 12.2. The van der Waals surface area contributed by atoms with E-state index in [-0.39, 0.29) is 18.4 Å². The van der Waals surface area contributed by atoms with Gasteiger partial charge in [-0.1, -0.05) is 35.3 Å². The molecule has 1 N–H and O–H groups in total. The number of rotatable bonds is 7. The molecule has 7 heteroatoms. The second-order valence-corrected chi connectivity index (χ2v) is 6.27. The monoisotopic (exact) mass is 394 g/mol. The topological polar surface area (TPSA) is 58.6 Å². The number of carbonyl (C=O) groups excluding carboxylic acids is 2. The smallest absolute Gasteiger partial charge is 0.251 e. The van der Waals surface area contributed by atoms with Gasteiger partial charge in [0.25, 0.3) is 5.91 Å². The number of amides is 2. The number of nitrogens with one attached hydrogen (secondary N) is 1. The number of halogens is 2. The third-order valence-electron chi connectivity index (χ3n) is 3.64. The van der Waals surface area contributed by atoms with Gasteiger partial charge in [0, 0.05) is 25.6 Å². The van der Waals surface area contributed by atoms with Gasteiger partial charge in [0.1, 0.15) is 5.75 Å². The SMILES string of the molecule is CCOc1ccccc1N(CCNC(=O)c1ccc(Cl)c(Cl)c1)C(C)=O. The zero-order valence-electron chi connectivity index (χ0n) is 14.6. The second-order valence-electron chi connectivity index (χ2n) is 5.46. The van der Waals surface area contributed by atoms with E-state index >= 15 is 0 Å². The van der Waals surface area contributed by atoms with Gasteiger partial charge in [-0.2, -0.15) is 0 Å². The largest absolute Gasteiger partial charge is 0.492 e. The molecular weight excluding hydrogens is 375 g/mol. The van der Waals surface area contributed by atoms with Gasteiger partial charge in [0.15, 0.2) is 0 Å². The second kappa shape index (κ2) is 9.46. The fourth-order valence-corrected chi connectivity index (χ4v) is 2.72. The lowest BCUT2D eigenvalue weighted by atomic mass is 10.2. The average molecular weight is 395 g/mol. The van der Waals surface area contributed by atoms with E-state index in [1.54, 1.807) is 17.0 Å². The Morgan fingerprint density at radius 3 is 2.50 bits per heavy atom. The molecule has 0 radical (unpaired) electrons. The van der Waals surface area contributed by atoms with E-state index in [1.807, 2.05) is 31.2 Å². The number of ether oxygens (including phenoxy) is 1. The standard InChI is InChI=1S/C19H20Cl2N2O3/c1-3-26-18-7-5-4-6-17(18)23(13(2)24)11-10-22-19(25)14-8-9-15(20)16(21)12-14/h4-9,12H,3,10-11H2,1-2H3,(H,22,25). The highest BCUT2D eigenvalue weighted by atomic mass is 35.5. The first kappa shape index (κ1) is 20.1. The molecule has 0 heterocycles. The molecule has 0 aliphatic heterocycles. The summed E-state index contributed by atoms with van der Waals surface area (Å²) in [5.41, 5.74) is 1.08. The molecule has 0 aliphatic rings. The van der Waals surface area contributed by atoms with Crippen LogP contribution in [0.2, 0.25) is 10.0 Å². The van der Waals surface area contributed by atoms with E-state index in [0.29, 0.717) is 40.2 Å². The number of anilines is 1. The van der Waals surface area contributed by atoms with Crippen molar-refractivity contribution < 1.29 is 14.3 Å². The summed E-state index contributed by atoms with van der Waals surface area (Å²) < 4.78 is 5.58. The third-order valence-corrected chi connectivity index (χ3v) is 4.38. The lowest BCUT2D eigenvalue weighted by Gasteiger charge is -2.23. The molecule has 0 aromatic heterocycles. The quantitative estimate of drug-likeness (QED) is 0.766. The minimum absolute atomic E-state index is 0.138. The van der Waals surface area contributed by atoms with Crippen LogP contribution >= 0.6 is 23.2 Å². The lowest BCUT2D eigenvalue weighted by molar-refractivity contribution is -0.116. The van der Waals surface area contributed by atoms with Gasteiger partial charge in [0.2, 0.25) is 5.91 Å². The maximum atomic E-state index is 12.2. The van der Waals surface area contributed by atoms with Gasteiger partial charge in [-0.15, -0.1) is 0 Å². The minimum atomic E-state index is -0.287. The summed E-state index contributed by atoms with van der Waals surface area (Å²) in [7, 11) is 0.